The number of carbonyl (C=O) groups is 3. The third-order valence-electron chi connectivity index (χ3n) is 3.95. The average Bonchev–Trinajstić information content (AvgIpc) is 2.78. The highest BCUT2D eigenvalue weighted by Gasteiger charge is 2.42. The molecule has 0 radical (unpaired) electrons. The summed E-state index contributed by atoms with van der Waals surface area (Å²) >= 11 is 0. The van der Waals surface area contributed by atoms with Crippen LogP contribution in [0, 0.1) is 0 Å². The Kier molecular flexibility index (Phi) is 3.12. The van der Waals surface area contributed by atoms with Crippen molar-refractivity contribution in [1.29, 1.82) is 0 Å². The highest BCUT2D eigenvalue weighted by Crippen LogP contribution is 2.34. The molecular formula is C14H13FN2O4. The van der Waals surface area contributed by atoms with E-state index < -0.39 is 24.0 Å². The molecule has 0 aromatic heterocycles. The number of amides is 3. The lowest BCUT2D eigenvalue weighted by atomic mass is 9.94. The number of imide groups is 1. The summed E-state index contributed by atoms with van der Waals surface area (Å²) in [4.78, 5) is 36.6. The van der Waals surface area contributed by atoms with Crippen LogP contribution >= 0.6 is 0 Å². The number of hydrogen-bond acceptors (Lipinski definition) is 4. The molecule has 3 aliphatic rings. The van der Waals surface area contributed by atoms with Gasteiger partial charge in [0.15, 0.2) is 6.17 Å². The van der Waals surface area contributed by atoms with Crippen LogP contribution in [0.1, 0.15) is 12.8 Å². The summed E-state index contributed by atoms with van der Waals surface area (Å²) < 4.78 is 14.2. The number of aliphatic hydroxyl groups excluding tert-OH is 1. The summed E-state index contributed by atoms with van der Waals surface area (Å²) in [5, 5.41) is 11.1. The lowest BCUT2D eigenvalue weighted by Crippen LogP contribution is -2.53. The minimum absolute atomic E-state index is 0.0106. The molecule has 7 heteroatoms. The maximum atomic E-state index is 14.2. The topological polar surface area (TPSA) is 86.7 Å². The Morgan fingerprint density at radius 3 is 2.76 bits per heavy atom. The summed E-state index contributed by atoms with van der Waals surface area (Å²) in [6, 6.07) is -0.761. The molecule has 3 amide bonds. The molecule has 2 N–H and O–H groups in total. The van der Waals surface area contributed by atoms with Gasteiger partial charge in [0.25, 0.3) is 5.91 Å². The SMILES string of the molecule is O=C1CCC(N2CC3=C(C=CC(=CO)C3F)C2=O)C(=O)N1. The Labute approximate surface area is 119 Å². The van der Waals surface area contributed by atoms with Gasteiger partial charge in [0.2, 0.25) is 11.8 Å². The van der Waals surface area contributed by atoms with Crippen molar-refractivity contribution >= 4 is 17.7 Å². The van der Waals surface area contributed by atoms with Gasteiger partial charge in [-0.1, -0.05) is 6.08 Å². The third kappa shape index (κ3) is 2.05. The van der Waals surface area contributed by atoms with Crippen LogP contribution in [-0.4, -0.2) is 46.5 Å². The van der Waals surface area contributed by atoms with Crippen molar-refractivity contribution in [3.05, 3.63) is 35.1 Å². The fraction of sp³-hybridized carbons (Fsp3) is 0.357. The van der Waals surface area contributed by atoms with Gasteiger partial charge in [-0.3, -0.25) is 19.7 Å². The van der Waals surface area contributed by atoms with Gasteiger partial charge in [0.05, 0.1) is 6.26 Å². The van der Waals surface area contributed by atoms with Crippen LogP contribution in [0.25, 0.3) is 0 Å². The maximum absolute atomic E-state index is 14.2. The van der Waals surface area contributed by atoms with Crippen LogP contribution in [-0.2, 0) is 14.4 Å². The van der Waals surface area contributed by atoms with Crippen molar-refractivity contribution < 1.29 is 23.9 Å². The van der Waals surface area contributed by atoms with Gasteiger partial charge in [0, 0.05) is 29.7 Å². The smallest absolute Gasteiger partial charge is 0.254 e. The molecule has 2 atom stereocenters. The molecule has 21 heavy (non-hydrogen) atoms. The largest absolute Gasteiger partial charge is 0.515 e. The van der Waals surface area contributed by atoms with E-state index >= 15 is 0 Å². The lowest BCUT2D eigenvalue weighted by molar-refractivity contribution is -0.142. The summed E-state index contributed by atoms with van der Waals surface area (Å²) in [5.41, 5.74) is 0.539. The van der Waals surface area contributed by atoms with Gasteiger partial charge in [0.1, 0.15) is 6.04 Å². The van der Waals surface area contributed by atoms with E-state index in [0.717, 1.165) is 0 Å². The quantitative estimate of drug-likeness (QED) is 0.537. The molecule has 1 fully saturated rings. The molecular weight excluding hydrogens is 279 g/mol. The highest BCUT2D eigenvalue weighted by molar-refractivity contribution is 6.06. The van der Waals surface area contributed by atoms with E-state index in [2.05, 4.69) is 5.32 Å². The molecule has 3 rings (SSSR count). The monoisotopic (exact) mass is 292 g/mol. The van der Waals surface area contributed by atoms with Crippen molar-refractivity contribution in [3.63, 3.8) is 0 Å². The zero-order valence-corrected chi connectivity index (χ0v) is 11.0. The van der Waals surface area contributed by atoms with Crippen LogP contribution < -0.4 is 5.32 Å². The first-order chi connectivity index (χ1) is 10.0. The number of piperidine rings is 1. The van der Waals surface area contributed by atoms with Crippen molar-refractivity contribution in [2.24, 2.45) is 0 Å². The second-order valence-electron chi connectivity index (χ2n) is 5.16. The van der Waals surface area contributed by atoms with Crippen molar-refractivity contribution in [1.82, 2.24) is 10.2 Å². The van der Waals surface area contributed by atoms with Crippen LogP contribution in [0.4, 0.5) is 4.39 Å². The number of nitrogens with zero attached hydrogens (tertiary/aromatic N) is 1. The first kappa shape index (κ1) is 13.5. The summed E-state index contributed by atoms with van der Waals surface area (Å²) in [7, 11) is 0. The molecule has 0 aromatic carbocycles. The molecule has 0 saturated carbocycles. The summed E-state index contributed by atoms with van der Waals surface area (Å²) in [5.74, 6) is -1.32. The van der Waals surface area contributed by atoms with Gasteiger partial charge in [-0.25, -0.2) is 4.39 Å². The van der Waals surface area contributed by atoms with Gasteiger partial charge in [-0.05, 0) is 12.5 Å². The molecule has 1 saturated heterocycles. The second-order valence-corrected chi connectivity index (χ2v) is 5.16. The van der Waals surface area contributed by atoms with E-state index in [0.29, 0.717) is 6.26 Å². The Morgan fingerprint density at radius 2 is 2.10 bits per heavy atom. The number of alkyl halides is 1. The van der Waals surface area contributed by atoms with Crippen molar-refractivity contribution in [3.8, 4) is 0 Å². The molecule has 110 valence electrons. The zero-order valence-electron chi connectivity index (χ0n) is 11.0. The molecule has 6 nitrogen and oxygen atoms in total. The first-order valence-electron chi connectivity index (χ1n) is 6.57. The Hall–Kier alpha value is -2.44. The minimum Gasteiger partial charge on any atom is -0.515 e. The molecule has 1 aliphatic carbocycles. The predicted octanol–water partition coefficient (Wildman–Crippen LogP) is 0.280. The van der Waals surface area contributed by atoms with E-state index in [1.54, 1.807) is 0 Å². The van der Waals surface area contributed by atoms with Crippen molar-refractivity contribution in [2.45, 2.75) is 25.1 Å². The number of allylic oxidation sites excluding steroid dienone is 2. The fourth-order valence-corrected chi connectivity index (χ4v) is 2.83. The first-order valence-corrected chi connectivity index (χ1v) is 6.57. The molecule has 0 spiro atoms. The fourth-order valence-electron chi connectivity index (χ4n) is 2.83. The summed E-state index contributed by atoms with van der Waals surface area (Å²) in [6.45, 7) is -0.0106. The number of halogens is 1. The predicted molar refractivity (Wildman–Crippen MR) is 69.7 cm³/mol. The average molecular weight is 292 g/mol. The Bertz CT molecular complexity index is 635. The van der Waals surface area contributed by atoms with Gasteiger partial charge < -0.3 is 10.0 Å². The van der Waals surface area contributed by atoms with E-state index in [4.69, 9.17) is 5.11 Å². The van der Waals surface area contributed by atoms with Crippen LogP contribution in [0.5, 0.6) is 0 Å². The molecule has 2 heterocycles. The Morgan fingerprint density at radius 1 is 1.33 bits per heavy atom. The standard InChI is InChI=1S/C14H13FN2O4/c15-12-7(6-18)1-2-8-9(12)5-17(14(8)21)10-3-4-11(19)16-13(10)20/h1-2,6,10,12,18H,3-5H2,(H,16,19,20). The molecule has 0 aromatic rings. The molecule has 2 unspecified atom stereocenters. The zero-order chi connectivity index (χ0) is 15.1. The number of carbonyl (C=O) groups excluding carboxylic acids is 3. The van der Waals surface area contributed by atoms with Crippen LogP contribution in [0.15, 0.2) is 35.1 Å². The second kappa shape index (κ2) is 4.83. The normalized spacial score (nSPS) is 31.0. The van der Waals surface area contributed by atoms with Gasteiger partial charge in [-0.2, -0.15) is 0 Å². The van der Waals surface area contributed by atoms with Crippen molar-refractivity contribution in [2.75, 3.05) is 6.54 Å². The van der Waals surface area contributed by atoms with Crippen LogP contribution in [0.2, 0.25) is 0 Å². The number of nitrogens with one attached hydrogen (secondary N) is 1. The van der Waals surface area contributed by atoms with E-state index in [1.165, 1.54) is 17.1 Å². The van der Waals surface area contributed by atoms with Gasteiger partial charge >= 0.3 is 0 Å². The molecule has 2 aliphatic heterocycles. The van der Waals surface area contributed by atoms with E-state index in [-0.39, 0.29) is 42.0 Å². The van der Waals surface area contributed by atoms with Crippen LogP contribution in [0.3, 0.4) is 0 Å². The number of rotatable bonds is 1. The minimum atomic E-state index is -1.56. The summed E-state index contributed by atoms with van der Waals surface area (Å²) in [6.07, 6.45) is 2.29. The number of hydrogen-bond donors (Lipinski definition) is 2. The van der Waals surface area contributed by atoms with E-state index in [1.807, 2.05) is 0 Å². The van der Waals surface area contributed by atoms with E-state index in [9.17, 15) is 18.8 Å². The highest BCUT2D eigenvalue weighted by atomic mass is 19.1. The Balaban J connectivity index is 1.85. The maximum Gasteiger partial charge on any atom is 0.254 e. The van der Waals surface area contributed by atoms with Gasteiger partial charge in [-0.15, -0.1) is 0 Å². The lowest BCUT2D eigenvalue weighted by Gasteiger charge is -2.30. The number of aliphatic hydroxyl groups is 1. The third-order valence-corrected chi connectivity index (χ3v) is 3.95. The molecule has 0 bridgehead atoms.